The standard InChI is InChI=1S/C10H19FO2S/c1-10(2,3)13-9(12)8-14-7-5-4-6-11/h4-8H2,1-3H3. The maximum Gasteiger partial charge on any atom is 0.316 e. The lowest BCUT2D eigenvalue weighted by Gasteiger charge is -2.19. The molecule has 84 valence electrons. The molecule has 0 bridgehead atoms. The van der Waals surface area contributed by atoms with E-state index in [2.05, 4.69) is 0 Å². The molecule has 0 fully saturated rings. The quantitative estimate of drug-likeness (QED) is 0.510. The van der Waals surface area contributed by atoms with E-state index in [1.165, 1.54) is 11.8 Å². The lowest BCUT2D eigenvalue weighted by atomic mass is 10.2. The molecule has 14 heavy (non-hydrogen) atoms. The SMILES string of the molecule is CC(C)(C)OC(=O)CSCCCCF. The third-order valence-electron chi connectivity index (χ3n) is 1.31. The van der Waals surface area contributed by atoms with Gasteiger partial charge in [0.2, 0.25) is 0 Å². The van der Waals surface area contributed by atoms with Crippen LogP contribution in [0.5, 0.6) is 0 Å². The monoisotopic (exact) mass is 222 g/mol. The van der Waals surface area contributed by atoms with Crippen molar-refractivity contribution in [2.45, 2.75) is 39.2 Å². The molecule has 4 heteroatoms. The number of ether oxygens (including phenoxy) is 1. The molecule has 0 saturated heterocycles. The van der Waals surface area contributed by atoms with Crippen LogP contribution >= 0.6 is 11.8 Å². The van der Waals surface area contributed by atoms with Gasteiger partial charge in [0.1, 0.15) is 5.60 Å². The fourth-order valence-corrected chi connectivity index (χ4v) is 1.60. The third kappa shape index (κ3) is 9.84. The summed E-state index contributed by atoms with van der Waals surface area (Å²) in [4.78, 5) is 11.2. The van der Waals surface area contributed by atoms with Crippen LogP contribution in [-0.4, -0.2) is 29.8 Å². The van der Waals surface area contributed by atoms with Gasteiger partial charge in [0.15, 0.2) is 0 Å². The number of carbonyl (C=O) groups excluding carboxylic acids is 1. The number of unbranched alkanes of at least 4 members (excludes halogenated alkanes) is 1. The Bertz CT molecular complexity index is 166. The number of thioether (sulfide) groups is 1. The van der Waals surface area contributed by atoms with E-state index in [1.54, 1.807) is 0 Å². The summed E-state index contributed by atoms with van der Waals surface area (Å²) in [6.07, 6.45) is 1.41. The van der Waals surface area contributed by atoms with Gasteiger partial charge in [-0.05, 0) is 39.4 Å². The number of halogens is 1. The summed E-state index contributed by atoms with van der Waals surface area (Å²) in [5.41, 5.74) is -0.406. The highest BCUT2D eigenvalue weighted by atomic mass is 32.2. The summed E-state index contributed by atoms with van der Waals surface area (Å²) in [6.45, 7) is 5.27. The molecular weight excluding hydrogens is 203 g/mol. The fraction of sp³-hybridized carbons (Fsp3) is 0.900. The molecule has 2 nitrogen and oxygen atoms in total. The van der Waals surface area contributed by atoms with Crippen LogP contribution in [-0.2, 0) is 9.53 Å². The second-order valence-electron chi connectivity index (χ2n) is 4.04. The van der Waals surface area contributed by atoms with Gasteiger partial charge < -0.3 is 4.74 Å². The predicted molar refractivity (Wildman–Crippen MR) is 58.4 cm³/mol. The first-order valence-electron chi connectivity index (χ1n) is 4.81. The first-order chi connectivity index (χ1) is 6.45. The zero-order valence-electron chi connectivity index (χ0n) is 9.14. The third-order valence-corrected chi connectivity index (χ3v) is 2.33. The van der Waals surface area contributed by atoms with Crippen molar-refractivity contribution in [3.05, 3.63) is 0 Å². The number of alkyl halides is 1. The van der Waals surface area contributed by atoms with E-state index in [9.17, 15) is 9.18 Å². The number of hydrogen-bond acceptors (Lipinski definition) is 3. The lowest BCUT2D eigenvalue weighted by molar-refractivity contribution is -0.151. The largest absolute Gasteiger partial charge is 0.459 e. The van der Waals surface area contributed by atoms with Gasteiger partial charge in [-0.2, -0.15) is 11.8 Å². The van der Waals surface area contributed by atoms with Crippen LogP contribution in [0, 0.1) is 0 Å². The van der Waals surface area contributed by atoms with Gasteiger partial charge in [-0.3, -0.25) is 9.18 Å². The maximum absolute atomic E-state index is 11.7. The van der Waals surface area contributed by atoms with E-state index >= 15 is 0 Å². The fourth-order valence-electron chi connectivity index (χ4n) is 0.825. The van der Waals surface area contributed by atoms with Crippen LogP contribution in [0.15, 0.2) is 0 Å². The highest BCUT2D eigenvalue weighted by Gasteiger charge is 2.15. The molecule has 0 saturated carbocycles. The van der Waals surface area contributed by atoms with Crippen LogP contribution < -0.4 is 0 Å². The molecule has 0 radical (unpaired) electrons. The van der Waals surface area contributed by atoms with Gasteiger partial charge in [-0.25, -0.2) is 0 Å². The zero-order valence-corrected chi connectivity index (χ0v) is 9.95. The smallest absolute Gasteiger partial charge is 0.316 e. The van der Waals surface area contributed by atoms with Crippen LogP contribution in [0.1, 0.15) is 33.6 Å². The molecule has 0 aliphatic carbocycles. The Kier molecular flexibility index (Phi) is 6.97. The van der Waals surface area contributed by atoms with Gasteiger partial charge in [0.05, 0.1) is 12.4 Å². The summed E-state index contributed by atoms with van der Waals surface area (Å²) in [5.74, 6) is 0.995. The summed E-state index contributed by atoms with van der Waals surface area (Å²) in [6, 6.07) is 0. The van der Waals surface area contributed by atoms with Crippen LogP contribution in [0.2, 0.25) is 0 Å². The minimum absolute atomic E-state index is 0.192. The van der Waals surface area contributed by atoms with E-state index in [1.807, 2.05) is 20.8 Å². The van der Waals surface area contributed by atoms with Gasteiger partial charge in [-0.15, -0.1) is 0 Å². The molecule has 0 heterocycles. The molecule has 0 aromatic carbocycles. The van der Waals surface area contributed by atoms with E-state index in [0.717, 1.165) is 12.2 Å². The van der Waals surface area contributed by atoms with Crippen LogP contribution in [0.4, 0.5) is 4.39 Å². The summed E-state index contributed by atoms with van der Waals surface area (Å²) in [5, 5.41) is 0. The van der Waals surface area contributed by atoms with E-state index < -0.39 is 5.60 Å². The average molecular weight is 222 g/mol. The van der Waals surface area contributed by atoms with Crippen molar-refractivity contribution in [3.8, 4) is 0 Å². The van der Waals surface area contributed by atoms with Gasteiger partial charge in [0.25, 0.3) is 0 Å². The lowest BCUT2D eigenvalue weighted by Crippen LogP contribution is -2.25. The van der Waals surface area contributed by atoms with Crippen molar-refractivity contribution in [1.29, 1.82) is 0 Å². The molecule has 0 aromatic heterocycles. The second kappa shape index (κ2) is 7.10. The van der Waals surface area contributed by atoms with Crippen molar-refractivity contribution in [2.24, 2.45) is 0 Å². The molecule has 0 aliphatic heterocycles. The molecule has 0 spiro atoms. The van der Waals surface area contributed by atoms with Crippen LogP contribution in [0.25, 0.3) is 0 Å². The number of hydrogen-bond donors (Lipinski definition) is 0. The molecular formula is C10H19FO2S. The normalized spacial score (nSPS) is 11.4. The molecule has 0 aromatic rings. The minimum Gasteiger partial charge on any atom is -0.459 e. The Morgan fingerprint density at radius 1 is 1.36 bits per heavy atom. The van der Waals surface area contributed by atoms with Crippen molar-refractivity contribution < 1.29 is 13.9 Å². The first-order valence-corrected chi connectivity index (χ1v) is 5.97. The van der Waals surface area contributed by atoms with Crippen LogP contribution in [0.3, 0.4) is 0 Å². The van der Waals surface area contributed by atoms with E-state index in [-0.39, 0.29) is 12.6 Å². The van der Waals surface area contributed by atoms with Crippen molar-refractivity contribution >= 4 is 17.7 Å². The van der Waals surface area contributed by atoms with Gasteiger partial charge in [-0.1, -0.05) is 0 Å². The molecule has 0 atom stereocenters. The molecule has 0 aliphatic rings. The number of esters is 1. The van der Waals surface area contributed by atoms with Crippen molar-refractivity contribution in [3.63, 3.8) is 0 Å². The Balaban J connectivity index is 3.36. The Morgan fingerprint density at radius 3 is 2.50 bits per heavy atom. The molecule has 0 amide bonds. The van der Waals surface area contributed by atoms with Gasteiger partial charge in [0, 0.05) is 0 Å². The highest BCUT2D eigenvalue weighted by Crippen LogP contribution is 2.11. The topological polar surface area (TPSA) is 26.3 Å². The Morgan fingerprint density at radius 2 is 2.00 bits per heavy atom. The maximum atomic E-state index is 11.7. The summed E-state index contributed by atoms with van der Waals surface area (Å²) in [7, 11) is 0. The number of carbonyl (C=O) groups is 1. The average Bonchev–Trinajstić information content (AvgIpc) is 2.00. The Labute approximate surface area is 89.6 Å². The van der Waals surface area contributed by atoms with Gasteiger partial charge >= 0.3 is 5.97 Å². The minimum atomic E-state index is -0.406. The number of rotatable bonds is 6. The predicted octanol–water partition coefficient (Wildman–Crippen LogP) is 2.81. The van der Waals surface area contributed by atoms with Crippen molar-refractivity contribution in [1.82, 2.24) is 0 Å². The Hall–Kier alpha value is -0.250. The molecule has 0 unspecified atom stereocenters. The van der Waals surface area contributed by atoms with E-state index in [4.69, 9.17) is 4.74 Å². The second-order valence-corrected chi connectivity index (χ2v) is 5.14. The molecule has 0 N–H and O–H groups in total. The highest BCUT2D eigenvalue weighted by molar-refractivity contribution is 7.99. The van der Waals surface area contributed by atoms with Crippen molar-refractivity contribution in [2.75, 3.05) is 18.2 Å². The summed E-state index contributed by atoms with van der Waals surface area (Å²) >= 11 is 1.50. The zero-order chi connectivity index (χ0) is 11.0. The summed E-state index contributed by atoms with van der Waals surface area (Å²) < 4.78 is 16.8. The first kappa shape index (κ1) is 13.8. The molecule has 0 rings (SSSR count). The van der Waals surface area contributed by atoms with E-state index in [0.29, 0.717) is 12.2 Å².